The van der Waals surface area contributed by atoms with Crippen LogP contribution in [0.15, 0.2) is 66.7 Å². The summed E-state index contributed by atoms with van der Waals surface area (Å²) in [5.74, 6) is -1.24. The van der Waals surface area contributed by atoms with Crippen molar-refractivity contribution in [2.45, 2.75) is 6.18 Å². The summed E-state index contributed by atoms with van der Waals surface area (Å²) in [6, 6.07) is 15.7. The third kappa shape index (κ3) is 6.16. The van der Waals surface area contributed by atoms with Crippen LogP contribution in [0.2, 0.25) is 0 Å². The number of hydrogen-bond donors (Lipinski definition) is 3. The molecule has 0 aromatic heterocycles. The number of aromatic carboxylic acids is 1. The Kier molecular flexibility index (Phi) is 6.54. The number of hydrogen-bond acceptors (Lipinski definition) is 5. The predicted octanol–water partition coefficient (Wildman–Crippen LogP) is 5.29. The first-order chi connectivity index (χ1) is 15.3. The number of anilines is 5. The van der Waals surface area contributed by atoms with Crippen molar-refractivity contribution in [3.8, 4) is 0 Å². The van der Waals surface area contributed by atoms with Gasteiger partial charge in [-0.1, -0.05) is 0 Å². The van der Waals surface area contributed by atoms with E-state index in [2.05, 4.69) is 10.0 Å². The quantitative estimate of drug-likeness (QED) is 0.426. The van der Waals surface area contributed by atoms with Gasteiger partial charge in [0.2, 0.25) is 10.0 Å². The minimum Gasteiger partial charge on any atom is -0.478 e. The number of alkyl halides is 3. The molecule has 174 valence electrons. The van der Waals surface area contributed by atoms with E-state index in [9.17, 15) is 31.5 Å². The van der Waals surface area contributed by atoms with E-state index in [0.717, 1.165) is 18.4 Å². The molecule has 0 heterocycles. The molecule has 0 saturated carbocycles. The SMILES string of the molecule is CN(c1ccc(Nc2ccc(NS(C)(=O)=O)cc2C(=O)O)cc1)c1ccc(C(F)(F)F)cc1. The van der Waals surface area contributed by atoms with Gasteiger partial charge >= 0.3 is 12.1 Å². The smallest absolute Gasteiger partial charge is 0.416 e. The number of halogens is 3. The Bertz CT molecular complexity index is 1260. The predicted molar refractivity (Wildman–Crippen MR) is 121 cm³/mol. The highest BCUT2D eigenvalue weighted by Crippen LogP contribution is 2.32. The zero-order valence-corrected chi connectivity index (χ0v) is 18.3. The molecule has 3 aromatic carbocycles. The van der Waals surface area contributed by atoms with Gasteiger partial charge in [0, 0.05) is 29.8 Å². The van der Waals surface area contributed by atoms with Crippen LogP contribution in [0.4, 0.5) is 41.6 Å². The Morgan fingerprint density at radius 2 is 1.42 bits per heavy atom. The van der Waals surface area contributed by atoms with Crippen molar-refractivity contribution in [2.24, 2.45) is 0 Å². The highest BCUT2D eigenvalue weighted by Gasteiger charge is 2.30. The van der Waals surface area contributed by atoms with Crippen molar-refractivity contribution in [3.63, 3.8) is 0 Å². The number of carbonyl (C=O) groups is 1. The molecule has 0 spiro atoms. The maximum absolute atomic E-state index is 12.8. The Balaban J connectivity index is 1.78. The molecule has 3 N–H and O–H groups in total. The van der Waals surface area contributed by atoms with Crippen LogP contribution in [0.5, 0.6) is 0 Å². The number of benzene rings is 3. The average molecular weight is 479 g/mol. The van der Waals surface area contributed by atoms with Crippen molar-refractivity contribution >= 4 is 44.4 Å². The van der Waals surface area contributed by atoms with Crippen molar-refractivity contribution in [1.29, 1.82) is 0 Å². The molecule has 0 unspecified atom stereocenters. The summed E-state index contributed by atoms with van der Waals surface area (Å²) in [7, 11) is -1.85. The lowest BCUT2D eigenvalue weighted by Gasteiger charge is -2.21. The molecule has 0 atom stereocenters. The molecule has 0 aliphatic carbocycles. The minimum absolute atomic E-state index is 0.119. The lowest BCUT2D eigenvalue weighted by atomic mass is 10.1. The second-order valence-electron chi connectivity index (χ2n) is 7.22. The van der Waals surface area contributed by atoms with Crippen molar-refractivity contribution in [3.05, 3.63) is 77.9 Å². The highest BCUT2D eigenvalue weighted by atomic mass is 32.2. The topological polar surface area (TPSA) is 98.7 Å². The van der Waals surface area contributed by atoms with E-state index >= 15 is 0 Å². The number of sulfonamides is 1. The van der Waals surface area contributed by atoms with Crippen molar-refractivity contribution in [1.82, 2.24) is 0 Å². The number of rotatable bonds is 7. The first-order valence-corrected chi connectivity index (χ1v) is 11.4. The molecule has 11 heteroatoms. The van der Waals surface area contributed by atoms with E-state index in [0.29, 0.717) is 17.1 Å². The second-order valence-corrected chi connectivity index (χ2v) is 8.96. The van der Waals surface area contributed by atoms with E-state index in [1.165, 1.54) is 30.3 Å². The average Bonchev–Trinajstić information content (AvgIpc) is 2.73. The molecule has 3 rings (SSSR count). The van der Waals surface area contributed by atoms with Gasteiger partial charge < -0.3 is 15.3 Å². The molecule has 0 bridgehead atoms. The van der Waals surface area contributed by atoms with Gasteiger partial charge in [-0.05, 0) is 66.7 Å². The summed E-state index contributed by atoms with van der Waals surface area (Å²) in [6.45, 7) is 0. The highest BCUT2D eigenvalue weighted by molar-refractivity contribution is 7.92. The van der Waals surface area contributed by atoms with E-state index in [1.807, 2.05) is 0 Å². The summed E-state index contributed by atoms with van der Waals surface area (Å²) >= 11 is 0. The zero-order chi connectivity index (χ0) is 24.4. The summed E-state index contributed by atoms with van der Waals surface area (Å²) in [6.07, 6.45) is -3.44. The molecule has 0 saturated heterocycles. The molecule has 33 heavy (non-hydrogen) atoms. The third-order valence-electron chi connectivity index (χ3n) is 4.67. The summed E-state index contributed by atoms with van der Waals surface area (Å²) in [5.41, 5.74) is 1.34. The van der Waals surface area contributed by atoms with Gasteiger partial charge in [-0.25, -0.2) is 13.2 Å². The Labute approximate surface area is 188 Å². The van der Waals surface area contributed by atoms with Gasteiger partial charge in [-0.3, -0.25) is 4.72 Å². The molecule has 7 nitrogen and oxygen atoms in total. The van der Waals surface area contributed by atoms with Crippen LogP contribution in [0.3, 0.4) is 0 Å². The van der Waals surface area contributed by atoms with Crippen LogP contribution in [-0.4, -0.2) is 32.8 Å². The summed E-state index contributed by atoms with van der Waals surface area (Å²) in [5, 5.41) is 12.5. The fourth-order valence-corrected chi connectivity index (χ4v) is 3.61. The fraction of sp³-hybridized carbons (Fsp3) is 0.136. The monoisotopic (exact) mass is 479 g/mol. The molecule has 0 aliphatic heterocycles. The Morgan fingerprint density at radius 3 is 1.91 bits per heavy atom. The molecular weight excluding hydrogens is 459 g/mol. The lowest BCUT2D eigenvalue weighted by molar-refractivity contribution is -0.137. The van der Waals surface area contributed by atoms with Crippen LogP contribution in [0.1, 0.15) is 15.9 Å². The standard InChI is InChI=1S/C22H20F3N3O4S/c1-28(17-8-3-14(4-9-17)22(23,24)25)18-10-5-15(6-11-18)26-20-12-7-16(27-33(2,31)32)13-19(20)21(29)30/h3-13,26-27H,1-2H3,(H,29,30). The minimum atomic E-state index is -4.40. The van der Waals surface area contributed by atoms with E-state index in [-0.39, 0.29) is 16.9 Å². The number of carboxylic acid groups (broad SMARTS) is 1. The van der Waals surface area contributed by atoms with Gasteiger partial charge in [-0.15, -0.1) is 0 Å². The molecule has 0 amide bonds. The maximum Gasteiger partial charge on any atom is 0.416 e. The van der Waals surface area contributed by atoms with E-state index in [1.54, 1.807) is 36.2 Å². The number of nitrogens with zero attached hydrogens (tertiary/aromatic N) is 1. The largest absolute Gasteiger partial charge is 0.478 e. The van der Waals surface area contributed by atoms with Crippen LogP contribution in [0.25, 0.3) is 0 Å². The van der Waals surface area contributed by atoms with E-state index < -0.39 is 27.7 Å². The van der Waals surface area contributed by atoms with Crippen LogP contribution in [-0.2, 0) is 16.2 Å². The first-order valence-electron chi connectivity index (χ1n) is 9.47. The van der Waals surface area contributed by atoms with Gasteiger partial charge in [0.15, 0.2) is 0 Å². The third-order valence-corrected chi connectivity index (χ3v) is 5.28. The molecule has 0 fully saturated rings. The summed E-state index contributed by atoms with van der Waals surface area (Å²) < 4.78 is 63.2. The molecule has 0 aliphatic rings. The summed E-state index contributed by atoms with van der Waals surface area (Å²) in [4.78, 5) is 13.3. The van der Waals surface area contributed by atoms with Crippen molar-refractivity contribution in [2.75, 3.05) is 28.2 Å². The number of carboxylic acids is 1. The Morgan fingerprint density at radius 1 is 0.909 bits per heavy atom. The molecule has 3 aromatic rings. The fourth-order valence-electron chi connectivity index (χ4n) is 3.05. The molecule has 0 radical (unpaired) electrons. The molecular formula is C22H20F3N3O4S. The second kappa shape index (κ2) is 9.02. The van der Waals surface area contributed by atoms with Crippen LogP contribution < -0.4 is 14.9 Å². The van der Waals surface area contributed by atoms with Crippen LogP contribution in [0, 0.1) is 0 Å². The van der Waals surface area contributed by atoms with Gasteiger partial charge in [0.25, 0.3) is 0 Å². The van der Waals surface area contributed by atoms with E-state index in [4.69, 9.17) is 0 Å². The van der Waals surface area contributed by atoms with Crippen LogP contribution >= 0.6 is 0 Å². The normalized spacial score (nSPS) is 11.7. The van der Waals surface area contributed by atoms with Gasteiger partial charge in [-0.2, -0.15) is 13.2 Å². The number of nitrogens with one attached hydrogen (secondary N) is 2. The Hall–Kier alpha value is -3.73. The van der Waals surface area contributed by atoms with Gasteiger partial charge in [0.1, 0.15) is 0 Å². The maximum atomic E-state index is 12.8. The zero-order valence-electron chi connectivity index (χ0n) is 17.5. The van der Waals surface area contributed by atoms with Crippen molar-refractivity contribution < 1.29 is 31.5 Å². The first kappa shape index (κ1) is 23.9. The van der Waals surface area contributed by atoms with Gasteiger partial charge in [0.05, 0.1) is 23.1 Å². The lowest BCUT2D eigenvalue weighted by Crippen LogP contribution is -2.11.